The first-order valence-corrected chi connectivity index (χ1v) is 10.2. The van der Waals surface area contributed by atoms with Crippen LogP contribution in [0.2, 0.25) is 0 Å². The summed E-state index contributed by atoms with van der Waals surface area (Å²) in [6, 6.07) is 4.31. The van der Waals surface area contributed by atoms with E-state index in [9.17, 15) is 22.8 Å². The molecule has 0 unspecified atom stereocenters. The highest BCUT2D eigenvalue weighted by molar-refractivity contribution is 7.89. The summed E-state index contributed by atoms with van der Waals surface area (Å²) in [5.41, 5.74) is -0.986. The smallest absolute Gasteiger partial charge is 0.322 e. The van der Waals surface area contributed by atoms with Gasteiger partial charge in [0.1, 0.15) is 11.3 Å². The number of hydrogen-bond acceptors (Lipinski definition) is 6. The Labute approximate surface area is 162 Å². The molecule has 0 aliphatic carbocycles. The fraction of sp³-hybridized carbons (Fsp3) is 0.471. The molecule has 1 aromatic rings. The van der Waals surface area contributed by atoms with Crippen LogP contribution in [0.3, 0.4) is 0 Å². The monoisotopic (exact) mass is 410 g/mol. The van der Waals surface area contributed by atoms with E-state index < -0.39 is 39.4 Å². The van der Waals surface area contributed by atoms with Gasteiger partial charge in [-0.2, -0.15) is 4.72 Å². The van der Waals surface area contributed by atoms with Crippen LogP contribution in [0.5, 0.6) is 5.75 Å². The zero-order chi connectivity index (χ0) is 20.5. The van der Waals surface area contributed by atoms with E-state index >= 15 is 0 Å². The van der Waals surface area contributed by atoms with E-state index in [0.29, 0.717) is 5.75 Å². The first-order chi connectivity index (χ1) is 13.2. The quantitative estimate of drug-likeness (QED) is 0.564. The number of piperidine rings is 1. The van der Waals surface area contributed by atoms with Gasteiger partial charge in [-0.1, -0.05) is 0 Å². The van der Waals surface area contributed by atoms with Crippen molar-refractivity contribution in [2.75, 3.05) is 20.2 Å². The van der Waals surface area contributed by atoms with Crippen molar-refractivity contribution in [3.63, 3.8) is 0 Å². The molecule has 1 spiro atoms. The summed E-state index contributed by atoms with van der Waals surface area (Å²) in [6.07, 6.45) is 0.544. The second-order valence-corrected chi connectivity index (χ2v) is 8.55. The Morgan fingerprint density at radius 2 is 1.82 bits per heavy atom. The van der Waals surface area contributed by atoms with Crippen LogP contribution in [0.1, 0.15) is 19.8 Å². The average molecular weight is 410 g/mol. The minimum Gasteiger partial charge on any atom is -0.497 e. The largest absolute Gasteiger partial charge is 0.497 e. The molecule has 3 rings (SSSR count). The average Bonchev–Trinajstić information content (AvgIpc) is 2.94. The molecule has 1 atom stereocenters. The molecule has 0 bridgehead atoms. The van der Waals surface area contributed by atoms with Gasteiger partial charge in [0.05, 0.1) is 18.0 Å². The Bertz CT molecular complexity index is 891. The molecule has 2 heterocycles. The predicted octanol–water partition coefficient (Wildman–Crippen LogP) is -0.437. The number of nitrogens with one attached hydrogen (secondary N) is 3. The Balaban J connectivity index is 1.61. The minimum absolute atomic E-state index is 0.0240. The van der Waals surface area contributed by atoms with Crippen LogP contribution in [0.25, 0.3) is 0 Å². The van der Waals surface area contributed by atoms with Crippen LogP contribution in [-0.2, 0) is 19.6 Å². The highest BCUT2D eigenvalue weighted by Gasteiger charge is 2.48. The second-order valence-electron chi connectivity index (χ2n) is 6.83. The molecule has 0 radical (unpaired) electrons. The maximum atomic E-state index is 12.6. The summed E-state index contributed by atoms with van der Waals surface area (Å²) in [6.45, 7) is 1.94. The van der Waals surface area contributed by atoms with Crippen molar-refractivity contribution in [3.05, 3.63) is 24.3 Å². The number of rotatable bonds is 5. The number of sulfonamides is 1. The van der Waals surface area contributed by atoms with Crippen molar-refractivity contribution in [2.45, 2.75) is 36.2 Å². The van der Waals surface area contributed by atoms with Crippen molar-refractivity contribution in [2.24, 2.45) is 0 Å². The van der Waals surface area contributed by atoms with Gasteiger partial charge in [-0.25, -0.2) is 13.2 Å². The lowest BCUT2D eigenvalue weighted by atomic mass is 9.87. The normalized spacial score (nSPS) is 19.9. The molecule has 152 valence electrons. The molecule has 2 aliphatic heterocycles. The van der Waals surface area contributed by atoms with Gasteiger partial charge in [0.15, 0.2) is 0 Å². The van der Waals surface area contributed by atoms with Gasteiger partial charge in [0.25, 0.3) is 5.91 Å². The van der Waals surface area contributed by atoms with E-state index in [1.807, 2.05) is 0 Å². The number of carbonyl (C=O) groups is 3. The molecular formula is C17H22N4O6S. The zero-order valence-electron chi connectivity index (χ0n) is 15.5. The van der Waals surface area contributed by atoms with Crippen molar-refractivity contribution in [1.82, 2.24) is 20.3 Å². The number of hydrogen-bond donors (Lipinski definition) is 3. The van der Waals surface area contributed by atoms with Gasteiger partial charge < -0.3 is 15.0 Å². The van der Waals surface area contributed by atoms with Crippen LogP contribution in [-0.4, -0.2) is 62.9 Å². The van der Waals surface area contributed by atoms with Gasteiger partial charge in [-0.3, -0.25) is 14.9 Å². The molecular weight excluding hydrogens is 388 g/mol. The number of nitrogens with zero attached hydrogens (tertiary/aromatic N) is 1. The van der Waals surface area contributed by atoms with E-state index in [4.69, 9.17) is 4.74 Å². The fourth-order valence-electron chi connectivity index (χ4n) is 3.37. The van der Waals surface area contributed by atoms with Crippen LogP contribution in [0, 0.1) is 0 Å². The molecule has 4 amide bonds. The molecule has 2 fully saturated rings. The van der Waals surface area contributed by atoms with E-state index in [0.717, 1.165) is 0 Å². The number of likely N-dealkylation sites (tertiary alicyclic amines) is 1. The molecule has 1 aromatic carbocycles. The van der Waals surface area contributed by atoms with Crippen molar-refractivity contribution < 1.29 is 27.5 Å². The van der Waals surface area contributed by atoms with Gasteiger partial charge in [0, 0.05) is 13.1 Å². The number of imide groups is 1. The summed E-state index contributed by atoms with van der Waals surface area (Å²) in [4.78, 5) is 37.5. The van der Waals surface area contributed by atoms with Gasteiger partial charge in [-0.05, 0) is 44.0 Å². The van der Waals surface area contributed by atoms with E-state index in [-0.39, 0.29) is 30.8 Å². The highest BCUT2D eigenvalue weighted by Crippen LogP contribution is 2.26. The first kappa shape index (κ1) is 20.1. The van der Waals surface area contributed by atoms with Gasteiger partial charge in [-0.15, -0.1) is 0 Å². The first-order valence-electron chi connectivity index (χ1n) is 8.76. The molecule has 28 heavy (non-hydrogen) atoms. The lowest BCUT2D eigenvalue weighted by molar-refractivity contribution is -0.136. The van der Waals surface area contributed by atoms with Crippen molar-refractivity contribution in [1.29, 1.82) is 0 Å². The number of urea groups is 1. The standard InChI is InChI=1S/C17H22N4O6S/c1-11(20-28(25,26)13-5-3-12(27-2)4-6-13)14(22)21-9-7-17(8-10-21)15(23)18-16(24)19-17/h3-6,11,20H,7-10H2,1-2H3,(H2,18,19,23,24)/t11-/m0/s1. The molecule has 0 aromatic heterocycles. The van der Waals surface area contributed by atoms with Crippen LogP contribution in [0.4, 0.5) is 4.79 Å². The maximum absolute atomic E-state index is 12.6. The van der Waals surface area contributed by atoms with Crippen LogP contribution >= 0.6 is 0 Å². The summed E-state index contributed by atoms with van der Waals surface area (Å²) in [7, 11) is -2.40. The number of amides is 4. The van der Waals surface area contributed by atoms with E-state index in [1.165, 1.54) is 43.2 Å². The Hall–Kier alpha value is -2.66. The molecule has 10 nitrogen and oxygen atoms in total. The molecule has 2 aliphatic rings. The zero-order valence-corrected chi connectivity index (χ0v) is 16.3. The highest BCUT2D eigenvalue weighted by atomic mass is 32.2. The number of ether oxygens (including phenoxy) is 1. The SMILES string of the molecule is COc1ccc(S(=O)(=O)N[C@@H](C)C(=O)N2CCC3(CC2)NC(=O)NC3=O)cc1. The third-order valence-electron chi connectivity index (χ3n) is 5.02. The third-order valence-corrected chi connectivity index (χ3v) is 6.57. The second kappa shape index (κ2) is 7.40. The van der Waals surface area contributed by atoms with Crippen molar-refractivity contribution in [3.8, 4) is 5.75 Å². The summed E-state index contributed by atoms with van der Waals surface area (Å²) in [5, 5.41) is 4.83. The lowest BCUT2D eigenvalue weighted by Crippen LogP contribution is -2.58. The molecule has 2 saturated heterocycles. The molecule has 3 N–H and O–H groups in total. The minimum atomic E-state index is -3.88. The molecule has 0 saturated carbocycles. The van der Waals surface area contributed by atoms with Crippen molar-refractivity contribution >= 4 is 27.9 Å². The summed E-state index contributed by atoms with van der Waals surface area (Å²) >= 11 is 0. The van der Waals surface area contributed by atoms with Crippen LogP contribution < -0.4 is 20.1 Å². The van der Waals surface area contributed by atoms with E-state index in [2.05, 4.69) is 15.4 Å². The molecule has 11 heteroatoms. The number of benzene rings is 1. The topological polar surface area (TPSA) is 134 Å². The summed E-state index contributed by atoms with van der Waals surface area (Å²) in [5.74, 6) is -0.261. The number of carbonyl (C=O) groups excluding carboxylic acids is 3. The van der Waals surface area contributed by atoms with Gasteiger partial charge >= 0.3 is 6.03 Å². The van der Waals surface area contributed by atoms with Crippen LogP contribution in [0.15, 0.2) is 29.2 Å². The summed E-state index contributed by atoms with van der Waals surface area (Å²) < 4.78 is 32.4. The Morgan fingerprint density at radius 1 is 1.21 bits per heavy atom. The van der Waals surface area contributed by atoms with E-state index in [1.54, 1.807) is 0 Å². The fourth-order valence-corrected chi connectivity index (χ4v) is 4.57. The Kier molecular flexibility index (Phi) is 5.31. The Morgan fingerprint density at radius 3 is 2.32 bits per heavy atom. The maximum Gasteiger partial charge on any atom is 0.322 e. The van der Waals surface area contributed by atoms with Gasteiger partial charge in [0.2, 0.25) is 15.9 Å². The predicted molar refractivity (Wildman–Crippen MR) is 98.0 cm³/mol. The lowest BCUT2D eigenvalue weighted by Gasteiger charge is -2.37. The third kappa shape index (κ3) is 3.80. The number of methoxy groups -OCH3 is 1.